The molecule has 1 fully saturated rings. The predicted octanol–water partition coefficient (Wildman–Crippen LogP) is 0.503. The minimum atomic E-state index is -0.286. The smallest absolute Gasteiger partial charge is 0.239 e. The number of likely N-dealkylation sites (tertiary alicyclic amines) is 1. The SMILES string of the molecule is CCNC(=O)CNC(C)C(=O)N1CCCCCC1. The molecule has 5 nitrogen and oxygen atoms in total. The van der Waals surface area contributed by atoms with E-state index in [4.69, 9.17) is 0 Å². The Labute approximate surface area is 109 Å². The maximum Gasteiger partial charge on any atom is 0.239 e. The summed E-state index contributed by atoms with van der Waals surface area (Å²) >= 11 is 0. The Hall–Kier alpha value is -1.10. The standard InChI is InChI=1S/C13H25N3O2/c1-3-14-12(17)10-15-11(2)13(18)16-8-6-4-5-7-9-16/h11,15H,3-10H2,1-2H3,(H,14,17). The Balaban J connectivity index is 2.33. The monoisotopic (exact) mass is 255 g/mol. The fourth-order valence-electron chi connectivity index (χ4n) is 2.16. The summed E-state index contributed by atoms with van der Waals surface area (Å²) in [5.74, 6) is 0.0502. The van der Waals surface area contributed by atoms with E-state index < -0.39 is 0 Å². The number of rotatable bonds is 5. The Bertz CT molecular complexity index is 273. The predicted molar refractivity (Wildman–Crippen MR) is 71.2 cm³/mol. The molecular formula is C13H25N3O2. The van der Waals surface area contributed by atoms with Crippen molar-refractivity contribution in [1.29, 1.82) is 0 Å². The lowest BCUT2D eigenvalue weighted by Gasteiger charge is -2.24. The maximum absolute atomic E-state index is 12.2. The number of hydrogen-bond acceptors (Lipinski definition) is 3. The highest BCUT2D eigenvalue weighted by atomic mass is 16.2. The van der Waals surface area contributed by atoms with E-state index in [0.717, 1.165) is 25.9 Å². The lowest BCUT2D eigenvalue weighted by Crippen LogP contribution is -2.48. The zero-order valence-electron chi connectivity index (χ0n) is 11.5. The van der Waals surface area contributed by atoms with Crippen LogP contribution >= 0.6 is 0 Å². The van der Waals surface area contributed by atoms with Crippen LogP contribution in [0.15, 0.2) is 0 Å². The van der Waals surface area contributed by atoms with Crippen molar-refractivity contribution in [2.45, 2.75) is 45.6 Å². The third kappa shape index (κ3) is 5.04. The van der Waals surface area contributed by atoms with Crippen LogP contribution < -0.4 is 10.6 Å². The van der Waals surface area contributed by atoms with E-state index in [2.05, 4.69) is 10.6 Å². The number of amides is 2. The lowest BCUT2D eigenvalue weighted by molar-refractivity contribution is -0.133. The molecule has 1 rings (SSSR count). The van der Waals surface area contributed by atoms with Gasteiger partial charge in [-0.2, -0.15) is 0 Å². The molecule has 1 atom stereocenters. The number of hydrogen-bond donors (Lipinski definition) is 2. The molecule has 0 aromatic heterocycles. The maximum atomic E-state index is 12.2. The Kier molecular flexibility index (Phi) is 6.72. The Morgan fingerprint density at radius 3 is 2.33 bits per heavy atom. The minimum absolute atomic E-state index is 0.0620. The van der Waals surface area contributed by atoms with Crippen molar-refractivity contribution in [3.05, 3.63) is 0 Å². The van der Waals surface area contributed by atoms with Crippen LogP contribution in [-0.4, -0.2) is 48.9 Å². The van der Waals surface area contributed by atoms with E-state index in [9.17, 15) is 9.59 Å². The molecule has 5 heteroatoms. The zero-order chi connectivity index (χ0) is 13.4. The van der Waals surface area contributed by atoms with E-state index in [1.807, 2.05) is 18.7 Å². The van der Waals surface area contributed by atoms with E-state index in [-0.39, 0.29) is 24.4 Å². The van der Waals surface area contributed by atoms with Crippen molar-refractivity contribution in [1.82, 2.24) is 15.5 Å². The summed E-state index contributed by atoms with van der Waals surface area (Å²) < 4.78 is 0. The highest BCUT2D eigenvalue weighted by molar-refractivity contribution is 5.83. The topological polar surface area (TPSA) is 61.4 Å². The number of nitrogens with zero attached hydrogens (tertiary/aromatic N) is 1. The first-order valence-electron chi connectivity index (χ1n) is 6.94. The van der Waals surface area contributed by atoms with Crippen molar-refractivity contribution in [2.75, 3.05) is 26.2 Å². The Morgan fingerprint density at radius 2 is 1.78 bits per heavy atom. The van der Waals surface area contributed by atoms with E-state index >= 15 is 0 Å². The van der Waals surface area contributed by atoms with Crippen LogP contribution in [0.2, 0.25) is 0 Å². The molecule has 0 aromatic carbocycles. The fraction of sp³-hybridized carbons (Fsp3) is 0.846. The van der Waals surface area contributed by atoms with Gasteiger partial charge >= 0.3 is 0 Å². The van der Waals surface area contributed by atoms with Crippen molar-refractivity contribution in [2.24, 2.45) is 0 Å². The normalized spacial score (nSPS) is 18.0. The molecular weight excluding hydrogens is 230 g/mol. The summed E-state index contributed by atoms with van der Waals surface area (Å²) in [4.78, 5) is 25.4. The summed E-state index contributed by atoms with van der Waals surface area (Å²) in [6.07, 6.45) is 4.61. The van der Waals surface area contributed by atoms with Gasteiger partial charge in [0.2, 0.25) is 11.8 Å². The van der Waals surface area contributed by atoms with Crippen LogP contribution in [0.25, 0.3) is 0 Å². The number of likely N-dealkylation sites (N-methyl/N-ethyl adjacent to an activating group) is 1. The second-order valence-electron chi connectivity index (χ2n) is 4.80. The summed E-state index contributed by atoms with van der Waals surface area (Å²) in [6, 6.07) is -0.286. The van der Waals surface area contributed by atoms with Crippen LogP contribution in [0.4, 0.5) is 0 Å². The molecule has 0 aromatic rings. The van der Waals surface area contributed by atoms with Crippen molar-refractivity contribution < 1.29 is 9.59 Å². The van der Waals surface area contributed by atoms with Crippen molar-refractivity contribution in [3.8, 4) is 0 Å². The summed E-state index contributed by atoms with van der Waals surface area (Å²) in [6.45, 7) is 6.23. The van der Waals surface area contributed by atoms with Gasteiger partial charge in [0.05, 0.1) is 12.6 Å². The van der Waals surface area contributed by atoms with Gasteiger partial charge in [-0.25, -0.2) is 0 Å². The number of carbonyl (C=O) groups is 2. The van der Waals surface area contributed by atoms with Gasteiger partial charge in [0, 0.05) is 19.6 Å². The molecule has 1 aliphatic heterocycles. The van der Waals surface area contributed by atoms with Crippen molar-refractivity contribution >= 4 is 11.8 Å². The molecule has 1 unspecified atom stereocenters. The summed E-state index contributed by atoms with van der Waals surface area (Å²) in [5, 5.41) is 5.68. The molecule has 2 amide bonds. The highest BCUT2D eigenvalue weighted by Gasteiger charge is 2.21. The van der Waals surface area contributed by atoms with Crippen LogP contribution in [0.1, 0.15) is 39.5 Å². The third-order valence-corrected chi connectivity index (χ3v) is 3.23. The minimum Gasteiger partial charge on any atom is -0.355 e. The second kappa shape index (κ2) is 8.08. The third-order valence-electron chi connectivity index (χ3n) is 3.23. The van der Waals surface area contributed by atoms with E-state index in [1.54, 1.807) is 0 Å². The molecule has 0 spiro atoms. The first kappa shape index (κ1) is 15.0. The molecule has 0 bridgehead atoms. The van der Waals surface area contributed by atoms with Crippen LogP contribution in [0, 0.1) is 0 Å². The van der Waals surface area contributed by atoms with E-state index in [0.29, 0.717) is 6.54 Å². The molecule has 1 saturated heterocycles. The van der Waals surface area contributed by atoms with Crippen LogP contribution in [0.5, 0.6) is 0 Å². The number of nitrogens with one attached hydrogen (secondary N) is 2. The van der Waals surface area contributed by atoms with Crippen LogP contribution in [-0.2, 0) is 9.59 Å². The molecule has 2 N–H and O–H groups in total. The number of carbonyl (C=O) groups excluding carboxylic acids is 2. The molecule has 1 aliphatic rings. The first-order chi connectivity index (χ1) is 8.65. The highest BCUT2D eigenvalue weighted by Crippen LogP contribution is 2.10. The molecule has 18 heavy (non-hydrogen) atoms. The Morgan fingerprint density at radius 1 is 1.17 bits per heavy atom. The van der Waals surface area contributed by atoms with Gasteiger partial charge < -0.3 is 10.2 Å². The summed E-state index contributed by atoms with van der Waals surface area (Å²) in [7, 11) is 0. The first-order valence-corrected chi connectivity index (χ1v) is 6.94. The molecule has 0 saturated carbocycles. The van der Waals surface area contributed by atoms with Gasteiger partial charge in [-0.1, -0.05) is 12.8 Å². The lowest BCUT2D eigenvalue weighted by atomic mass is 10.2. The average Bonchev–Trinajstić information content (AvgIpc) is 2.64. The zero-order valence-corrected chi connectivity index (χ0v) is 11.5. The van der Waals surface area contributed by atoms with Gasteiger partial charge in [0.1, 0.15) is 0 Å². The molecule has 104 valence electrons. The van der Waals surface area contributed by atoms with Gasteiger partial charge in [0.15, 0.2) is 0 Å². The van der Waals surface area contributed by atoms with Gasteiger partial charge in [-0.05, 0) is 26.7 Å². The molecule has 1 heterocycles. The van der Waals surface area contributed by atoms with Gasteiger partial charge in [-0.15, -0.1) is 0 Å². The van der Waals surface area contributed by atoms with Crippen molar-refractivity contribution in [3.63, 3.8) is 0 Å². The molecule has 0 aliphatic carbocycles. The van der Waals surface area contributed by atoms with Gasteiger partial charge in [-0.3, -0.25) is 14.9 Å². The summed E-state index contributed by atoms with van der Waals surface area (Å²) in [5.41, 5.74) is 0. The fourth-order valence-corrected chi connectivity index (χ4v) is 2.16. The second-order valence-corrected chi connectivity index (χ2v) is 4.80. The quantitative estimate of drug-likeness (QED) is 0.752. The van der Waals surface area contributed by atoms with Crippen LogP contribution in [0.3, 0.4) is 0 Å². The average molecular weight is 255 g/mol. The van der Waals surface area contributed by atoms with E-state index in [1.165, 1.54) is 12.8 Å². The largest absolute Gasteiger partial charge is 0.355 e. The molecule has 0 radical (unpaired) electrons. The van der Waals surface area contributed by atoms with Gasteiger partial charge in [0.25, 0.3) is 0 Å².